The second-order valence-corrected chi connectivity index (χ2v) is 7.14. The molecule has 0 spiro atoms. The molecule has 0 N–H and O–H groups in total. The van der Waals surface area contributed by atoms with E-state index in [9.17, 15) is 0 Å². The summed E-state index contributed by atoms with van der Waals surface area (Å²) in [5.74, 6) is 2.41. The zero-order valence-electron chi connectivity index (χ0n) is 9.59. The van der Waals surface area contributed by atoms with E-state index in [1.54, 1.807) is 0 Å². The third-order valence-corrected chi connectivity index (χ3v) is 3.90. The van der Waals surface area contributed by atoms with Crippen molar-refractivity contribution in [2.45, 2.75) is 38.6 Å². The highest BCUT2D eigenvalue weighted by Crippen LogP contribution is 2.12. The fraction of sp³-hybridized carbons (Fsp3) is 0.818. The number of alkyl halides is 1. The molecule has 1 aliphatic rings. The molecule has 0 amide bonds. The SMILES string of the molecule is C#CCOC1CCCCO1.C[Si](C)CCl. The van der Waals surface area contributed by atoms with Crippen LogP contribution < -0.4 is 0 Å². The Morgan fingerprint density at radius 3 is 2.60 bits per heavy atom. The van der Waals surface area contributed by atoms with Gasteiger partial charge in [-0.15, -0.1) is 18.0 Å². The summed E-state index contributed by atoms with van der Waals surface area (Å²) in [7, 11) is -0.109. The molecule has 0 aliphatic carbocycles. The van der Waals surface area contributed by atoms with Crippen LogP contribution in [0.15, 0.2) is 0 Å². The second-order valence-electron chi connectivity index (χ2n) is 3.65. The Morgan fingerprint density at radius 1 is 1.53 bits per heavy atom. The first-order valence-corrected chi connectivity index (χ1v) is 8.46. The van der Waals surface area contributed by atoms with Gasteiger partial charge in [0.25, 0.3) is 0 Å². The molecular formula is C11H20ClO2Si. The highest BCUT2D eigenvalue weighted by Gasteiger charge is 2.12. The van der Waals surface area contributed by atoms with Crippen molar-refractivity contribution in [2.24, 2.45) is 0 Å². The second kappa shape index (κ2) is 10.5. The molecule has 1 fully saturated rings. The van der Waals surface area contributed by atoms with Crippen LogP contribution in [-0.4, -0.2) is 33.8 Å². The Balaban J connectivity index is 0.000000336. The van der Waals surface area contributed by atoms with Gasteiger partial charge in [0, 0.05) is 12.1 Å². The average Bonchev–Trinajstić information content (AvgIpc) is 2.28. The Morgan fingerprint density at radius 2 is 2.20 bits per heavy atom. The van der Waals surface area contributed by atoms with Gasteiger partial charge in [-0.1, -0.05) is 19.0 Å². The van der Waals surface area contributed by atoms with Gasteiger partial charge in [-0.3, -0.25) is 0 Å². The smallest absolute Gasteiger partial charge is 0.158 e. The van der Waals surface area contributed by atoms with Gasteiger partial charge >= 0.3 is 0 Å². The van der Waals surface area contributed by atoms with Crippen LogP contribution in [0.1, 0.15) is 19.3 Å². The molecule has 15 heavy (non-hydrogen) atoms. The van der Waals surface area contributed by atoms with Crippen molar-refractivity contribution in [3.63, 3.8) is 0 Å². The molecule has 0 bridgehead atoms. The molecule has 1 radical (unpaired) electrons. The first kappa shape index (κ1) is 15.0. The van der Waals surface area contributed by atoms with E-state index >= 15 is 0 Å². The summed E-state index contributed by atoms with van der Waals surface area (Å²) in [6.45, 7) is 5.56. The minimum Gasteiger partial charge on any atom is -0.353 e. The summed E-state index contributed by atoms with van der Waals surface area (Å²) >= 11 is 5.38. The van der Waals surface area contributed by atoms with Gasteiger partial charge in [-0.2, -0.15) is 0 Å². The molecule has 1 heterocycles. The Hall–Kier alpha value is -0.0131. The van der Waals surface area contributed by atoms with E-state index in [4.69, 9.17) is 27.5 Å². The van der Waals surface area contributed by atoms with E-state index in [1.807, 2.05) is 0 Å². The monoisotopic (exact) mass is 247 g/mol. The van der Waals surface area contributed by atoms with E-state index in [2.05, 4.69) is 19.0 Å². The normalized spacial score (nSPS) is 20.3. The predicted molar refractivity (Wildman–Crippen MR) is 66.6 cm³/mol. The van der Waals surface area contributed by atoms with Crippen LogP contribution in [0.3, 0.4) is 0 Å². The first-order chi connectivity index (χ1) is 7.20. The summed E-state index contributed by atoms with van der Waals surface area (Å²) in [6.07, 6.45) is 8.30. The van der Waals surface area contributed by atoms with Crippen LogP contribution in [0.2, 0.25) is 13.1 Å². The molecule has 1 atom stereocenters. The lowest BCUT2D eigenvalue weighted by Gasteiger charge is -2.21. The van der Waals surface area contributed by atoms with Crippen molar-refractivity contribution in [1.29, 1.82) is 0 Å². The highest BCUT2D eigenvalue weighted by atomic mass is 35.5. The predicted octanol–water partition coefficient (Wildman–Crippen LogP) is 2.68. The van der Waals surface area contributed by atoms with Crippen molar-refractivity contribution in [3.05, 3.63) is 0 Å². The lowest BCUT2D eigenvalue weighted by molar-refractivity contribution is -0.154. The number of ether oxygens (including phenoxy) is 2. The fourth-order valence-electron chi connectivity index (χ4n) is 0.984. The summed E-state index contributed by atoms with van der Waals surface area (Å²) in [4.78, 5) is 0. The number of halogens is 1. The molecule has 0 aromatic carbocycles. The maximum Gasteiger partial charge on any atom is 0.158 e. The van der Waals surface area contributed by atoms with Gasteiger partial charge < -0.3 is 9.47 Å². The standard InChI is InChI=1S/C8H12O2.C3H8ClSi/c1-2-6-9-8-5-3-4-7-10-8;1-5(2)3-4/h1,8H,3-7H2;3H2,1-2H3. The van der Waals surface area contributed by atoms with E-state index in [0.29, 0.717) is 6.61 Å². The summed E-state index contributed by atoms with van der Waals surface area (Å²) in [5.41, 5.74) is 0.880. The van der Waals surface area contributed by atoms with Gasteiger partial charge in [-0.25, -0.2) is 0 Å². The quantitative estimate of drug-likeness (QED) is 0.434. The molecule has 4 heteroatoms. The lowest BCUT2D eigenvalue weighted by atomic mass is 10.2. The van der Waals surface area contributed by atoms with E-state index in [0.717, 1.165) is 25.0 Å². The Kier molecular flexibility index (Phi) is 10.5. The molecule has 0 aromatic heterocycles. The van der Waals surface area contributed by atoms with Crippen LogP contribution in [0.25, 0.3) is 0 Å². The number of hydrogen-bond donors (Lipinski definition) is 0. The van der Waals surface area contributed by atoms with Crippen molar-refractivity contribution in [1.82, 2.24) is 0 Å². The number of terminal acetylenes is 1. The topological polar surface area (TPSA) is 18.5 Å². The molecule has 2 nitrogen and oxygen atoms in total. The lowest BCUT2D eigenvalue weighted by Crippen LogP contribution is -2.22. The number of hydrogen-bond acceptors (Lipinski definition) is 2. The zero-order valence-corrected chi connectivity index (χ0v) is 11.3. The maximum atomic E-state index is 5.38. The molecule has 87 valence electrons. The first-order valence-electron chi connectivity index (χ1n) is 5.22. The van der Waals surface area contributed by atoms with Crippen LogP contribution in [0.4, 0.5) is 0 Å². The summed E-state index contributed by atoms with van der Waals surface area (Å²) in [5, 5.41) is 0. The van der Waals surface area contributed by atoms with Crippen LogP contribution in [0, 0.1) is 12.3 Å². The molecule has 1 unspecified atom stereocenters. The number of rotatable bonds is 3. The maximum absolute atomic E-state index is 5.38. The van der Waals surface area contributed by atoms with Crippen molar-refractivity contribution in [3.8, 4) is 12.3 Å². The van der Waals surface area contributed by atoms with Gasteiger partial charge in [0.1, 0.15) is 6.61 Å². The van der Waals surface area contributed by atoms with Crippen LogP contribution in [-0.2, 0) is 9.47 Å². The molecule has 0 saturated carbocycles. The Bertz CT molecular complexity index is 174. The minimum absolute atomic E-state index is 0.0372. The van der Waals surface area contributed by atoms with E-state index in [-0.39, 0.29) is 15.1 Å². The molecular weight excluding hydrogens is 228 g/mol. The van der Waals surface area contributed by atoms with Gasteiger partial charge in [-0.05, 0) is 19.3 Å². The third-order valence-electron chi connectivity index (χ3n) is 1.76. The summed E-state index contributed by atoms with van der Waals surface area (Å²) < 4.78 is 10.4. The zero-order chi connectivity index (χ0) is 11.5. The largest absolute Gasteiger partial charge is 0.353 e. The summed E-state index contributed by atoms with van der Waals surface area (Å²) in [6, 6.07) is 0. The highest BCUT2D eigenvalue weighted by molar-refractivity contribution is 6.64. The van der Waals surface area contributed by atoms with Gasteiger partial charge in [0.15, 0.2) is 6.29 Å². The van der Waals surface area contributed by atoms with Gasteiger partial charge in [0.2, 0.25) is 0 Å². The van der Waals surface area contributed by atoms with E-state index < -0.39 is 0 Å². The van der Waals surface area contributed by atoms with Crippen molar-refractivity contribution >= 4 is 20.4 Å². The fourth-order valence-corrected chi connectivity index (χ4v) is 0.984. The van der Waals surface area contributed by atoms with Crippen molar-refractivity contribution < 1.29 is 9.47 Å². The molecule has 0 aromatic rings. The molecule has 1 saturated heterocycles. The minimum atomic E-state index is -0.109. The Labute approximate surface area is 99.9 Å². The average molecular weight is 248 g/mol. The van der Waals surface area contributed by atoms with Crippen LogP contribution in [0.5, 0.6) is 0 Å². The van der Waals surface area contributed by atoms with Crippen molar-refractivity contribution in [2.75, 3.05) is 18.7 Å². The third kappa shape index (κ3) is 10.3. The van der Waals surface area contributed by atoms with Gasteiger partial charge in [0.05, 0.1) is 8.80 Å². The molecule has 1 rings (SSSR count). The van der Waals surface area contributed by atoms with Crippen LogP contribution >= 0.6 is 11.6 Å². The molecule has 1 aliphatic heterocycles. The van der Waals surface area contributed by atoms with E-state index in [1.165, 1.54) is 6.42 Å².